The van der Waals surface area contributed by atoms with Crippen molar-refractivity contribution < 1.29 is 0 Å². The number of nitrogens with one attached hydrogen (secondary N) is 1. The van der Waals surface area contributed by atoms with Crippen molar-refractivity contribution in [2.45, 2.75) is 33.1 Å². The van der Waals surface area contributed by atoms with Gasteiger partial charge in [-0.3, -0.25) is 0 Å². The Bertz CT molecular complexity index is 246. The van der Waals surface area contributed by atoms with E-state index in [1.807, 2.05) is 0 Å². The van der Waals surface area contributed by atoms with Gasteiger partial charge in [-0.25, -0.2) is 0 Å². The van der Waals surface area contributed by atoms with E-state index in [9.17, 15) is 0 Å². The average molecular weight is 163 g/mol. The van der Waals surface area contributed by atoms with Gasteiger partial charge in [0.05, 0.1) is 0 Å². The summed E-state index contributed by atoms with van der Waals surface area (Å²) in [6, 6.07) is 0. The molecule has 0 aromatic carbocycles. The fourth-order valence-corrected chi connectivity index (χ4v) is 1.98. The normalized spacial score (nSPS) is 26.5. The van der Waals surface area contributed by atoms with E-state index in [2.05, 4.69) is 31.3 Å². The van der Waals surface area contributed by atoms with Crippen LogP contribution in [0.15, 0.2) is 23.4 Å². The van der Waals surface area contributed by atoms with Crippen LogP contribution in [0.2, 0.25) is 0 Å². The molecule has 1 N–H and O–H groups in total. The SMILES string of the molecule is CC1(C)C=CC2=C(C1)NCCC2. The third kappa shape index (κ3) is 1.40. The third-order valence-corrected chi connectivity index (χ3v) is 2.72. The molecule has 2 rings (SSSR count). The lowest BCUT2D eigenvalue weighted by atomic mass is 9.80. The summed E-state index contributed by atoms with van der Waals surface area (Å²) in [5, 5.41) is 3.51. The van der Waals surface area contributed by atoms with Crippen LogP contribution in [-0.2, 0) is 0 Å². The topological polar surface area (TPSA) is 12.0 Å². The molecule has 1 heteroatoms. The maximum atomic E-state index is 3.51. The molecule has 12 heavy (non-hydrogen) atoms. The molecule has 1 nitrogen and oxygen atoms in total. The van der Waals surface area contributed by atoms with E-state index in [0.717, 1.165) is 0 Å². The lowest BCUT2D eigenvalue weighted by Gasteiger charge is -2.31. The number of rotatable bonds is 0. The molecule has 0 saturated carbocycles. The minimum Gasteiger partial charge on any atom is -0.388 e. The second kappa shape index (κ2) is 2.65. The van der Waals surface area contributed by atoms with Gasteiger partial charge in [0.2, 0.25) is 0 Å². The summed E-state index contributed by atoms with van der Waals surface area (Å²) in [6.07, 6.45) is 8.42. The second-order valence-electron chi connectivity index (χ2n) is 4.53. The molecular weight excluding hydrogens is 146 g/mol. The summed E-state index contributed by atoms with van der Waals surface area (Å²) in [5.74, 6) is 0. The summed E-state index contributed by atoms with van der Waals surface area (Å²) in [6.45, 7) is 5.76. The maximum Gasteiger partial charge on any atom is 0.0147 e. The largest absolute Gasteiger partial charge is 0.388 e. The predicted molar refractivity (Wildman–Crippen MR) is 51.8 cm³/mol. The molecule has 0 amide bonds. The molecule has 1 aliphatic carbocycles. The highest BCUT2D eigenvalue weighted by atomic mass is 14.9. The molecule has 0 bridgehead atoms. The van der Waals surface area contributed by atoms with Crippen molar-refractivity contribution >= 4 is 0 Å². The Balaban J connectivity index is 2.23. The zero-order valence-electron chi connectivity index (χ0n) is 7.98. The molecule has 0 aromatic rings. The number of allylic oxidation sites excluding steroid dienone is 4. The van der Waals surface area contributed by atoms with Crippen LogP contribution in [0.1, 0.15) is 33.1 Å². The van der Waals surface area contributed by atoms with Crippen LogP contribution in [0.5, 0.6) is 0 Å². The molecule has 2 aliphatic rings. The zero-order valence-corrected chi connectivity index (χ0v) is 7.98. The molecular formula is C11H17N. The molecule has 0 atom stereocenters. The van der Waals surface area contributed by atoms with Gasteiger partial charge in [0.1, 0.15) is 0 Å². The van der Waals surface area contributed by atoms with Crippen LogP contribution < -0.4 is 5.32 Å². The Hall–Kier alpha value is -0.720. The van der Waals surface area contributed by atoms with Gasteiger partial charge >= 0.3 is 0 Å². The van der Waals surface area contributed by atoms with Gasteiger partial charge in [-0.1, -0.05) is 26.0 Å². The molecule has 66 valence electrons. The Labute approximate surface area is 74.5 Å². The van der Waals surface area contributed by atoms with Gasteiger partial charge in [0.25, 0.3) is 0 Å². The van der Waals surface area contributed by atoms with E-state index < -0.39 is 0 Å². The molecule has 0 radical (unpaired) electrons. The fourth-order valence-electron chi connectivity index (χ4n) is 1.98. The van der Waals surface area contributed by atoms with Crippen LogP contribution in [-0.4, -0.2) is 6.54 Å². The predicted octanol–water partition coefficient (Wildman–Crippen LogP) is 2.61. The van der Waals surface area contributed by atoms with E-state index in [1.54, 1.807) is 5.57 Å². The fraction of sp³-hybridized carbons (Fsp3) is 0.636. The number of hydrogen-bond donors (Lipinski definition) is 1. The first-order valence-corrected chi connectivity index (χ1v) is 4.82. The standard InChI is InChI=1S/C11H17N/c1-11(2)6-5-9-4-3-7-12-10(9)8-11/h5-6,12H,3-4,7-8H2,1-2H3. The quantitative estimate of drug-likeness (QED) is 0.579. The van der Waals surface area contributed by atoms with E-state index >= 15 is 0 Å². The summed E-state index contributed by atoms with van der Waals surface area (Å²) in [5.41, 5.74) is 3.40. The molecule has 1 heterocycles. The smallest absolute Gasteiger partial charge is 0.0147 e. The average Bonchev–Trinajstić information content (AvgIpc) is 2.02. The van der Waals surface area contributed by atoms with Crippen molar-refractivity contribution in [1.82, 2.24) is 5.32 Å². The highest BCUT2D eigenvalue weighted by Gasteiger charge is 2.23. The Morgan fingerprint density at radius 3 is 3.08 bits per heavy atom. The number of hydrogen-bond acceptors (Lipinski definition) is 1. The van der Waals surface area contributed by atoms with E-state index in [4.69, 9.17) is 0 Å². The first-order chi connectivity index (χ1) is 5.67. The molecule has 0 aromatic heterocycles. The summed E-state index contributed by atoms with van der Waals surface area (Å²) in [7, 11) is 0. The molecule has 0 fully saturated rings. The van der Waals surface area contributed by atoms with Gasteiger partial charge in [-0.2, -0.15) is 0 Å². The van der Waals surface area contributed by atoms with Crippen molar-refractivity contribution in [3.63, 3.8) is 0 Å². The van der Waals surface area contributed by atoms with Gasteiger partial charge < -0.3 is 5.32 Å². The first kappa shape index (κ1) is 7.90. The molecule has 1 aliphatic heterocycles. The second-order valence-corrected chi connectivity index (χ2v) is 4.53. The van der Waals surface area contributed by atoms with Crippen molar-refractivity contribution in [3.05, 3.63) is 23.4 Å². The van der Waals surface area contributed by atoms with E-state index in [-0.39, 0.29) is 0 Å². The third-order valence-electron chi connectivity index (χ3n) is 2.72. The lowest BCUT2D eigenvalue weighted by molar-refractivity contribution is 0.438. The van der Waals surface area contributed by atoms with Crippen LogP contribution >= 0.6 is 0 Å². The highest BCUT2D eigenvalue weighted by molar-refractivity contribution is 5.32. The van der Waals surface area contributed by atoms with Gasteiger partial charge in [0.15, 0.2) is 0 Å². The lowest BCUT2D eigenvalue weighted by Crippen LogP contribution is -2.27. The minimum absolute atomic E-state index is 0.364. The Kier molecular flexibility index (Phi) is 1.75. The van der Waals surface area contributed by atoms with Crippen LogP contribution in [0.4, 0.5) is 0 Å². The van der Waals surface area contributed by atoms with Gasteiger partial charge in [-0.15, -0.1) is 0 Å². The van der Waals surface area contributed by atoms with Crippen LogP contribution in [0, 0.1) is 5.41 Å². The zero-order chi connectivity index (χ0) is 8.60. The highest BCUT2D eigenvalue weighted by Crippen LogP contribution is 2.34. The van der Waals surface area contributed by atoms with E-state index in [0.29, 0.717) is 5.41 Å². The Morgan fingerprint density at radius 2 is 2.25 bits per heavy atom. The minimum atomic E-state index is 0.364. The summed E-state index contributed by atoms with van der Waals surface area (Å²) < 4.78 is 0. The van der Waals surface area contributed by atoms with Crippen molar-refractivity contribution in [2.75, 3.05) is 6.54 Å². The van der Waals surface area contributed by atoms with Crippen LogP contribution in [0.25, 0.3) is 0 Å². The first-order valence-electron chi connectivity index (χ1n) is 4.82. The van der Waals surface area contributed by atoms with Crippen LogP contribution in [0.3, 0.4) is 0 Å². The maximum absolute atomic E-state index is 3.51. The van der Waals surface area contributed by atoms with Crippen molar-refractivity contribution in [1.29, 1.82) is 0 Å². The molecule has 0 saturated heterocycles. The Morgan fingerprint density at radius 1 is 1.42 bits per heavy atom. The monoisotopic (exact) mass is 163 g/mol. The van der Waals surface area contributed by atoms with Crippen molar-refractivity contribution in [2.24, 2.45) is 5.41 Å². The van der Waals surface area contributed by atoms with Gasteiger partial charge in [-0.05, 0) is 30.3 Å². The van der Waals surface area contributed by atoms with E-state index in [1.165, 1.54) is 31.5 Å². The van der Waals surface area contributed by atoms with Crippen molar-refractivity contribution in [3.8, 4) is 0 Å². The molecule has 0 spiro atoms. The summed E-state index contributed by atoms with van der Waals surface area (Å²) >= 11 is 0. The molecule has 0 unspecified atom stereocenters. The van der Waals surface area contributed by atoms with Gasteiger partial charge in [0, 0.05) is 12.2 Å². The summed E-state index contributed by atoms with van der Waals surface area (Å²) in [4.78, 5) is 0.